The van der Waals surface area contributed by atoms with Gasteiger partial charge in [-0.1, -0.05) is 0 Å². The largest absolute Gasteiger partial charge is 0.367 e. The molecule has 1 aliphatic rings. The normalized spacial score (nSPS) is 18.8. The lowest BCUT2D eigenvalue weighted by Crippen LogP contribution is -2.54. The van der Waals surface area contributed by atoms with Gasteiger partial charge in [0.25, 0.3) is 5.91 Å². The van der Waals surface area contributed by atoms with E-state index in [4.69, 9.17) is 0 Å². The van der Waals surface area contributed by atoms with Crippen molar-refractivity contribution < 1.29 is 9.18 Å². The van der Waals surface area contributed by atoms with Crippen LogP contribution in [0.4, 0.5) is 15.8 Å². The maximum absolute atomic E-state index is 14.5. The molecule has 162 valence electrons. The average molecular weight is 430 g/mol. The van der Waals surface area contributed by atoms with E-state index in [0.717, 1.165) is 18.8 Å². The minimum absolute atomic E-state index is 0.339. The number of anilines is 2. The van der Waals surface area contributed by atoms with E-state index in [2.05, 4.69) is 44.3 Å². The number of carbonyl (C=O) groups is 1. The van der Waals surface area contributed by atoms with Crippen LogP contribution in [0.1, 0.15) is 24.2 Å². The van der Waals surface area contributed by atoms with Crippen LogP contribution in [-0.2, 0) is 0 Å². The minimum Gasteiger partial charge on any atom is -0.367 e. The van der Waals surface area contributed by atoms with Crippen LogP contribution in [0.25, 0.3) is 21.8 Å². The third-order valence-electron chi connectivity index (χ3n) is 5.71. The number of rotatable bonds is 3. The van der Waals surface area contributed by atoms with E-state index in [1.54, 1.807) is 36.8 Å². The number of piperazine rings is 1. The van der Waals surface area contributed by atoms with Gasteiger partial charge in [0, 0.05) is 61.0 Å². The lowest BCUT2D eigenvalue weighted by atomic mass is 10.1. The van der Waals surface area contributed by atoms with Crippen molar-refractivity contribution in [1.82, 2.24) is 20.3 Å². The average Bonchev–Trinajstić information content (AvgIpc) is 2.77. The number of nitrogens with one attached hydrogen (secondary N) is 2. The van der Waals surface area contributed by atoms with Crippen molar-refractivity contribution in [2.24, 2.45) is 0 Å². The summed E-state index contributed by atoms with van der Waals surface area (Å²) in [6.07, 6.45) is 6.27. The van der Waals surface area contributed by atoms with Gasteiger partial charge in [-0.05, 0) is 49.6 Å². The van der Waals surface area contributed by atoms with Gasteiger partial charge >= 0.3 is 0 Å². The van der Waals surface area contributed by atoms with Gasteiger partial charge in [0.15, 0.2) is 0 Å². The van der Waals surface area contributed by atoms with Crippen molar-refractivity contribution in [3.63, 3.8) is 0 Å². The SMILES string of the molecule is C[C@H]1CN(c2ccc(C(=O)Nc3cc(F)c4cnccc4c3)c3nccnc23)C[C@H](C)N1. The Morgan fingerprint density at radius 2 is 1.81 bits per heavy atom. The number of hydrogen-bond acceptors (Lipinski definition) is 6. The van der Waals surface area contributed by atoms with Crippen LogP contribution in [0.5, 0.6) is 0 Å². The van der Waals surface area contributed by atoms with E-state index >= 15 is 0 Å². The van der Waals surface area contributed by atoms with Gasteiger partial charge < -0.3 is 15.5 Å². The Kier molecular flexibility index (Phi) is 5.14. The Hall–Kier alpha value is -3.65. The van der Waals surface area contributed by atoms with Gasteiger partial charge in [0.1, 0.15) is 16.9 Å². The topological polar surface area (TPSA) is 83.0 Å². The molecule has 0 aliphatic carbocycles. The number of carbonyl (C=O) groups excluding carboxylic acids is 1. The number of benzene rings is 2. The van der Waals surface area contributed by atoms with Crippen molar-refractivity contribution in [3.8, 4) is 0 Å². The number of amides is 1. The fourth-order valence-electron chi connectivity index (χ4n) is 4.43. The van der Waals surface area contributed by atoms with Crippen LogP contribution in [0, 0.1) is 5.82 Å². The third kappa shape index (κ3) is 3.73. The Bertz CT molecular complexity index is 1320. The molecule has 2 aromatic heterocycles. The molecule has 2 atom stereocenters. The fourth-order valence-corrected chi connectivity index (χ4v) is 4.43. The number of fused-ring (bicyclic) bond motifs is 2. The molecule has 1 saturated heterocycles. The number of aromatic nitrogens is 3. The Labute approximate surface area is 184 Å². The molecule has 3 heterocycles. The molecule has 0 bridgehead atoms. The molecule has 7 nitrogen and oxygen atoms in total. The summed E-state index contributed by atoms with van der Waals surface area (Å²) in [5.74, 6) is -0.801. The van der Waals surface area contributed by atoms with Crippen molar-refractivity contribution in [3.05, 3.63) is 66.5 Å². The summed E-state index contributed by atoms with van der Waals surface area (Å²) in [6.45, 7) is 5.98. The van der Waals surface area contributed by atoms with E-state index in [1.807, 2.05) is 6.07 Å². The summed E-state index contributed by atoms with van der Waals surface area (Å²) >= 11 is 0. The van der Waals surface area contributed by atoms with Gasteiger partial charge in [-0.15, -0.1) is 0 Å². The van der Waals surface area contributed by atoms with Crippen molar-refractivity contribution >= 4 is 39.1 Å². The molecular weight excluding hydrogens is 407 g/mol. The second kappa shape index (κ2) is 8.12. The van der Waals surface area contributed by atoms with Crippen LogP contribution >= 0.6 is 0 Å². The van der Waals surface area contributed by atoms with Crippen molar-refractivity contribution in [2.45, 2.75) is 25.9 Å². The molecule has 4 aromatic rings. The molecule has 5 rings (SSSR count). The summed E-state index contributed by atoms with van der Waals surface area (Å²) in [4.78, 5) is 28.4. The van der Waals surface area contributed by atoms with Crippen LogP contribution < -0.4 is 15.5 Å². The standard InChI is InChI=1S/C24H23FN6O/c1-14-12-31(13-15(2)29-14)21-4-3-18(22-23(21)28-8-7-27-22)24(32)30-17-9-16-5-6-26-11-19(16)20(25)10-17/h3-11,14-15,29H,12-13H2,1-2H3,(H,30,32)/t14-,15-/m0/s1. The van der Waals surface area contributed by atoms with Crippen LogP contribution in [0.3, 0.4) is 0 Å². The summed E-state index contributed by atoms with van der Waals surface area (Å²) in [7, 11) is 0. The van der Waals surface area contributed by atoms with Crippen molar-refractivity contribution in [2.75, 3.05) is 23.3 Å². The molecule has 2 N–H and O–H groups in total. The highest BCUT2D eigenvalue weighted by molar-refractivity contribution is 6.13. The highest BCUT2D eigenvalue weighted by Crippen LogP contribution is 2.29. The van der Waals surface area contributed by atoms with E-state index in [9.17, 15) is 9.18 Å². The molecule has 0 unspecified atom stereocenters. The number of hydrogen-bond donors (Lipinski definition) is 2. The highest BCUT2D eigenvalue weighted by Gasteiger charge is 2.24. The van der Waals surface area contributed by atoms with Gasteiger partial charge in [0.05, 0.1) is 11.3 Å². The van der Waals surface area contributed by atoms with E-state index in [-0.39, 0.29) is 5.91 Å². The first-order valence-corrected chi connectivity index (χ1v) is 10.6. The maximum atomic E-state index is 14.5. The molecule has 0 radical (unpaired) electrons. The number of pyridine rings is 1. The lowest BCUT2D eigenvalue weighted by molar-refractivity contribution is 0.102. The molecule has 0 saturated carbocycles. The van der Waals surface area contributed by atoms with Gasteiger partial charge in [-0.2, -0.15) is 0 Å². The first-order valence-electron chi connectivity index (χ1n) is 10.6. The molecule has 1 amide bonds. The second-order valence-electron chi connectivity index (χ2n) is 8.27. The zero-order valence-electron chi connectivity index (χ0n) is 17.8. The number of halogens is 1. The summed E-state index contributed by atoms with van der Waals surface area (Å²) in [5.41, 5.74) is 2.92. The summed E-state index contributed by atoms with van der Waals surface area (Å²) < 4.78 is 14.5. The predicted molar refractivity (Wildman–Crippen MR) is 123 cm³/mol. The molecule has 32 heavy (non-hydrogen) atoms. The van der Waals surface area contributed by atoms with Crippen LogP contribution in [0.15, 0.2) is 55.1 Å². The lowest BCUT2D eigenvalue weighted by Gasteiger charge is -2.38. The van der Waals surface area contributed by atoms with Crippen LogP contribution in [0.2, 0.25) is 0 Å². The molecular formula is C24H23FN6O. The van der Waals surface area contributed by atoms with Gasteiger partial charge in [-0.3, -0.25) is 19.7 Å². The quantitative estimate of drug-likeness (QED) is 0.515. The summed E-state index contributed by atoms with van der Waals surface area (Å²) in [5, 5.41) is 7.40. The van der Waals surface area contributed by atoms with E-state index in [1.165, 1.54) is 12.3 Å². The predicted octanol–water partition coefficient (Wildman–Crippen LogP) is 3.76. The molecule has 0 spiro atoms. The number of nitrogens with zero attached hydrogens (tertiary/aromatic N) is 4. The van der Waals surface area contributed by atoms with Gasteiger partial charge in [0.2, 0.25) is 0 Å². The first kappa shape index (κ1) is 20.3. The van der Waals surface area contributed by atoms with Gasteiger partial charge in [-0.25, -0.2) is 4.39 Å². The molecule has 2 aromatic carbocycles. The van der Waals surface area contributed by atoms with Crippen LogP contribution in [-0.4, -0.2) is 46.0 Å². The van der Waals surface area contributed by atoms with Crippen molar-refractivity contribution in [1.29, 1.82) is 0 Å². The molecule has 1 fully saturated rings. The second-order valence-corrected chi connectivity index (χ2v) is 8.27. The fraction of sp³-hybridized carbons (Fsp3) is 0.250. The third-order valence-corrected chi connectivity index (χ3v) is 5.71. The monoisotopic (exact) mass is 430 g/mol. The zero-order chi connectivity index (χ0) is 22.2. The Morgan fingerprint density at radius 1 is 1.06 bits per heavy atom. The molecule has 1 aliphatic heterocycles. The first-order chi connectivity index (χ1) is 15.5. The Morgan fingerprint density at radius 3 is 2.59 bits per heavy atom. The smallest absolute Gasteiger partial charge is 0.257 e. The summed E-state index contributed by atoms with van der Waals surface area (Å²) in [6, 6.07) is 9.10. The van der Waals surface area contributed by atoms with E-state index < -0.39 is 5.82 Å². The minimum atomic E-state index is -0.437. The van der Waals surface area contributed by atoms with E-state index in [0.29, 0.717) is 45.1 Å². The zero-order valence-corrected chi connectivity index (χ0v) is 17.8. The molecule has 8 heteroatoms. The highest BCUT2D eigenvalue weighted by atomic mass is 19.1. The maximum Gasteiger partial charge on any atom is 0.257 e. The Balaban J connectivity index is 1.50.